The van der Waals surface area contributed by atoms with Crippen LogP contribution in [0.3, 0.4) is 0 Å². The normalized spacial score (nSPS) is 39.6. The summed E-state index contributed by atoms with van der Waals surface area (Å²) < 4.78 is 0. The van der Waals surface area contributed by atoms with Gasteiger partial charge in [-0.15, -0.1) is 0 Å². The molecule has 3 heteroatoms. The molecule has 0 aromatic heterocycles. The molecule has 23 heavy (non-hydrogen) atoms. The summed E-state index contributed by atoms with van der Waals surface area (Å²) in [7, 11) is 0. The van der Waals surface area contributed by atoms with Crippen molar-refractivity contribution in [1.29, 1.82) is 0 Å². The maximum atomic E-state index is 13.0. The van der Waals surface area contributed by atoms with Gasteiger partial charge in [-0.1, -0.05) is 40.0 Å². The molecular weight excluding hydrogens is 284 g/mol. The number of carbonyl (C=O) groups is 1. The molecule has 3 fully saturated rings. The monoisotopic (exact) mass is 321 g/mol. The average Bonchev–Trinajstić information content (AvgIpc) is 2.49. The van der Waals surface area contributed by atoms with Gasteiger partial charge in [-0.05, 0) is 37.6 Å². The summed E-state index contributed by atoms with van der Waals surface area (Å²) in [6, 6.07) is 1.74. The van der Waals surface area contributed by atoms with E-state index in [0.29, 0.717) is 17.9 Å². The molecule has 2 saturated carbocycles. The minimum atomic E-state index is 0.197. The Morgan fingerprint density at radius 2 is 1.96 bits per heavy atom. The first-order valence-electron chi connectivity index (χ1n) is 10.1. The van der Waals surface area contributed by atoms with Gasteiger partial charge in [0, 0.05) is 24.8 Å². The quantitative estimate of drug-likeness (QED) is 0.765. The lowest BCUT2D eigenvalue weighted by Crippen LogP contribution is -3.02. The fourth-order valence-electron chi connectivity index (χ4n) is 5.70. The summed E-state index contributed by atoms with van der Waals surface area (Å²) in [5.74, 6) is 1.53. The Labute approximate surface area is 142 Å². The topological polar surface area (TPSA) is 45.7 Å². The third kappa shape index (κ3) is 3.82. The van der Waals surface area contributed by atoms with Crippen molar-refractivity contribution in [3.05, 3.63) is 0 Å². The third-order valence-electron chi connectivity index (χ3n) is 6.65. The van der Waals surface area contributed by atoms with Crippen molar-refractivity contribution in [1.82, 2.24) is 5.32 Å². The standard InChI is InChI=1S/C20H36N2O/c1-4-5-8-11-21-19-14-9-6-7-10-15(14)22-16-12-20(2,3)13-17(23)18(16)19/h14-16,18-19,21-22H,4-13H2,1-3H3/p+1. The van der Waals surface area contributed by atoms with E-state index in [4.69, 9.17) is 0 Å². The summed E-state index contributed by atoms with van der Waals surface area (Å²) >= 11 is 0. The van der Waals surface area contributed by atoms with E-state index < -0.39 is 0 Å². The lowest BCUT2D eigenvalue weighted by atomic mass is 9.61. The van der Waals surface area contributed by atoms with Gasteiger partial charge in [0.05, 0.1) is 18.0 Å². The molecular formula is C20H37N2O+. The lowest BCUT2D eigenvalue weighted by molar-refractivity contribution is -0.747. The number of unbranched alkanes of at least 4 members (excludes halogenated alkanes) is 2. The van der Waals surface area contributed by atoms with E-state index in [0.717, 1.165) is 24.9 Å². The second-order valence-corrected chi connectivity index (χ2v) is 9.19. The summed E-state index contributed by atoms with van der Waals surface area (Å²) in [6.07, 6.45) is 11.2. The molecule has 5 unspecified atom stereocenters. The van der Waals surface area contributed by atoms with Gasteiger partial charge in [0.25, 0.3) is 0 Å². The largest absolute Gasteiger partial charge is 0.340 e. The van der Waals surface area contributed by atoms with E-state index >= 15 is 0 Å². The van der Waals surface area contributed by atoms with Crippen molar-refractivity contribution in [2.45, 2.75) is 96.7 Å². The molecule has 0 aromatic carbocycles. The summed E-state index contributed by atoms with van der Waals surface area (Å²) in [5, 5.41) is 6.49. The van der Waals surface area contributed by atoms with E-state index in [1.807, 2.05) is 0 Å². The zero-order chi connectivity index (χ0) is 16.4. The second-order valence-electron chi connectivity index (χ2n) is 9.19. The highest BCUT2D eigenvalue weighted by atomic mass is 16.1. The lowest BCUT2D eigenvalue weighted by Gasteiger charge is -2.51. The minimum absolute atomic E-state index is 0.197. The number of ketones is 1. The van der Waals surface area contributed by atoms with Crippen LogP contribution in [0.15, 0.2) is 0 Å². The van der Waals surface area contributed by atoms with Gasteiger partial charge in [0.15, 0.2) is 0 Å². The van der Waals surface area contributed by atoms with Gasteiger partial charge in [0.2, 0.25) is 0 Å². The van der Waals surface area contributed by atoms with Crippen molar-refractivity contribution in [2.75, 3.05) is 6.54 Å². The van der Waals surface area contributed by atoms with Crippen LogP contribution in [-0.4, -0.2) is 30.5 Å². The van der Waals surface area contributed by atoms with Gasteiger partial charge >= 0.3 is 0 Å². The van der Waals surface area contributed by atoms with Crippen molar-refractivity contribution >= 4 is 5.78 Å². The molecule has 1 aliphatic heterocycles. The molecule has 3 aliphatic rings. The molecule has 0 aromatic rings. The van der Waals surface area contributed by atoms with Crippen LogP contribution >= 0.6 is 0 Å². The molecule has 3 N–H and O–H groups in total. The van der Waals surface area contributed by atoms with Gasteiger partial charge in [-0.25, -0.2) is 0 Å². The number of nitrogens with two attached hydrogens (primary N) is 1. The highest BCUT2D eigenvalue weighted by molar-refractivity contribution is 5.84. The number of quaternary nitrogens is 1. The van der Waals surface area contributed by atoms with Gasteiger partial charge in [-0.2, -0.15) is 0 Å². The van der Waals surface area contributed by atoms with Crippen molar-refractivity contribution < 1.29 is 10.1 Å². The molecule has 1 saturated heterocycles. The highest BCUT2D eigenvalue weighted by Gasteiger charge is 2.54. The Hall–Kier alpha value is -0.410. The number of nitrogens with one attached hydrogen (secondary N) is 1. The van der Waals surface area contributed by atoms with Gasteiger partial charge in [0.1, 0.15) is 5.78 Å². The summed E-state index contributed by atoms with van der Waals surface area (Å²) in [6.45, 7) is 7.92. The maximum absolute atomic E-state index is 13.0. The molecule has 5 atom stereocenters. The summed E-state index contributed by atoms with van der Waals surface area (Å²) in [5.41, 5.74) is 0.197. The van der Waals surface area contributed by atoms with E-state index in [1.165, 1.54) is 51.4 Å². The van der Waals surface area contributed by atoms with E-state index in [1.54, 1.807) is 0 Å². The van der Waals surface area contributed by atoms with Crippen LogP contribution in [-0.2, 0) is 4.79 Å². The Bertz CT molecular complexity index is 420. The highest BCUT2D eigenvalue weighted by Crippen LogP contribution is 2.41. The number of hydrogen-bond acceptors (Lipinski definition) is 2. The zero-order valence-electron chi connectivity index (χ0n) is 15.4. The summed E-state index contributed by atoms with van der Waals surface area (Å²) in [4.78, 5) is 13.0. The predicted molar refractivity (Wildman–Crippen MR) is 94.3 cm³/mol. The molecule has 132 valence electrons. The van der Waals surface area contributed by atoms with Crippen LogP contribution in [0, 0.1) is 17.3 Å². The first-order chi connectivity index (χ1) is 11.0. The average molecular weight is 322 g/mol. The molecule has 3 nitrogen and oxygen atoms in total. The number of fused-ring (bicyclic) bond motifs is 2. The second kappa shape index (κ2) is 7.23. The first kappa shape index (κ1) is 17.4. The predicted octanol–water partition coefficient (Wildman–Crippen LogP) is 2.64. The molecule has 0 spiro atoms. The molecule has 0 bridgehead atoms. The number of piperidine rings is 1. The van der Waals surface area contributed by atoms with E-state index in [9.17, 15) is 4.79 Å². The third-order valence-corrected chi connectivity index (χ3v) is 6.65. The Morgan fingerprint density at radius 1 is 1.17 bits per heavy atom. The molecule has 2 aliphatic carbocycles. The Kier molecular flexibility index (Phi) is 5.47. The Balaban J connectivity index is 1.75. The number of hydrogen-bond donors (Lipinski definition) is 2. The smallest absolute Gasteiger partial charge is 0.144 e. The van der Waals surface area contributed by atoms with Crippen molar-refractivity contribution in [2.24, 2.45) is 17.3 Å². The van der Waals surface area contributed by atoms with Gasteiger partial charge < -0.3 is 10.6 Å². The SMILES string of the molecule is CCCCCNC1C2CCCCC2[NH2+]C2CC(C)(C)CC(=O)C21. The van der Waals surface area contributed by atoms with Crippen molar-refractivity contribution in [3.63, 3.8) is 0 Å². The number of carbonyl (C=O) groups excluding carboxylic acids is 1. The Morgan fingerprint density at radius 3 is 2.74 bits per heavy atom. The van der Waals surface area contributed by atoms with Crippen LogP contribution < -0.4 is 10.6 Å². The van der Waals surface area contributed by atoms with Crippen LogP contribution in [0.1, 0.15) is 78.6 Å². The van der Waals surface area contributed by atoms with Crippen LogP contribution in [0.2, 0.25) is 0 Å². The van der Waals surface area contributed by atoms with Gasteiger partial charge in [-0.3, -0.25) is 4.79 Å². The van der Waals surface area contributed by atoms with Crippen molar-refractivity contribution in [3.8, 4) is 0 Å². The number of Topliss-reactive ketones (excluding diaryl/α,β-unsaturated/α-hetero) is 1. The fraction of sp³-hybridized carbons (Fsp3) is 0.950. The van der Waals surface area contributed by atoms with Crippen LogP contribution in [0.25, 0.3) is 0 Å². The molecule has 0 radical (unpaired) electrons. The number of rotatable bonds is 5. The van der Waals surface area contributed by atoms with E-state index in [2.05, 4.69) is 31.4 Å². The first-order valence-corrected chi connectivity index (χ1v) is 10.1. The molecule has 1 heterocycles. The molecule has 3 rings (SSSR count). The van der Waals surface area contributed by atoms with Crippen LogP contribution in [0.5, 0.6) is 0 Å². The fourth-order valence-corrected chi connectivity index (χ4v) is 5.70. The molecule has 0 amide bonds. The van der Waals surface area contributed by atoms with Crippen LogP contribution in [0.4, 0.5) is 0 Å². The van der Waals surface area contributed by atoms with E-state index in [-0.39, 0.29) is 11.3 Å². The zero-order valence-corrected chi connectivity index (χ0v) is 15.4. The minimum Gasteiger partial charge on any atom is -0.340 e. The maximum Gasteiger partial charge on any atom is 0.144 e.